The predicted octanol–water partition coefficient (Wildman–Crippen LogP) is 2.85. The van der Waals surface area contributed by atoms with Crippen LogP contribution in [-0.4, -0.2) is 54.6 Å². The van der Waals surface area contributed by atoms with E-state index in [1.54, 1.807) is 11.8 Å². The highest BCUT2D eigenvalue weighted by atomic mass is 16.6. The molecule has 0 saturated carbocycles. The highest BCUT2D eigenvalue weighted by Crippen LogP contribution is 2.17. The lowest BCUT2D eigenvalue weighted by atomic mass is 9.98. The number of rotatable bonds is 3. The van der Waals surface area contributed by atoms with Gasteiger partial charge in [0.1, 0.15) is 0 Å². The van der Waals surface area contributed by atoms with Crippen LogP contribution in [0.4, 0.5) is 4.79 Å². The van der Waals surface area contributed by atoms with Crippen LogP contribution in [0.1, 0.15) is 35.6 Å². The molecule has 132 valence electrons. The first-order valence-electron chi connectivity index (χ1n) is 8.68. The summed E-state index contributed by atoms with van der Waals surface area (Å²) in [6.45, 7) is 10.8. The molecule has 0 spiro atoms. The number of hydrogen-bond donors (Lipinski definition) is 0. The van der Waals surface area contributed by atoms with Gasteiger partial charge in [-0.05, 0) is 56.4 Å². The van der Waals surface area contributed by atoms with Crippen molar-refractivity contribution in [2.75, 3.05) is 32.8 Å². The molecule has 0 aromatic heterocycles. The van der Waals surface area contributed by atoms with Crippen LogP contribution in [0, 0.1) is 20.8 Å². The Morgan fingerprint density at radius 1 is 0.958 bits per heavy atom. The highest BCUT2D eigenvalue weighted by Gasteiger charge is 2.23. The number of aryl methyl sites for hydroxylation is 3. The molecule has 1 saturated heterocycles. The van der Waals surface area contributed by atoms with Crippen LogP contribution in [0.3, 0.4) is 0 Å². The lowest BCUT2D eigenvalue weighted by Crippen LogP contribution is -2.38. The third kappa shape index (κ3) is 4.49. The van der Waals surface area contributed by atoms with Crippen LogP contribution in [0.25, 0.3) is 0 Å². The van der Waals surface area contributed by atoms with Crippen LogP contribution >= 0.6 is 0 Å². The Bertz CT molecular complexity index is 613. The third-order valence-electron chi connectivity index (χ3n) is 4.67. The molecule has 2 amide bonds. The number of carbonyl (C=O) groups excluding carboxylic acids is 2. The quantitative estimate of drug-likeness (QED) is 0.855. The number of amides is 2. The molecule has 2 rings (SSSR count). The number of carbonyl (C=O) groups is 2. The molecule has 0 bridgehead atoms. The molecule has 0 radical (unpaired) electrons. The van der Waals surface area contributed by atoms with Gasteiger partial charge >= 0.3 is 6.09 Å². The van der Waals surface area contributed by atoms with Crippen LogP contribution in [0.5, 0.6) is 0 Å². The maximum absolute atomic E-state index is 12.7. The van der Waals surface area contributed by atoms with Gasteiger partial charge in [0.2, 0.25) is 5.91 Å². The summed E-state index contributed by atoms with van der Waals surface area (Å²) in [5.41, 5.74) is 4.72. The normalized spacial score (nSPS) is 15.2. The van der Waals surface area contributed by atoms with E-state index in [1.165, 1.54) is 11.1 Å². The van der Waals surface area contributed by atoms with Crippen molar-refractivity contribution in [1.82, 2.24) is 9.80 Å². The largest absolute Gasteiger partial charge is 0.450 e. The molecule has 24 heavy (non-hydrogen) atoms. The molecule has 0 atom stereocenters. The summed E-state index contributed by atoms with van der Waals surface area (Å²) in [5, 5.41) is 0. The summed E-state index contributed by atoms with van der Waals surface area (Å²) in [6.07, 6.45) is 0.930. The van der Waals surface area contributed by atoms with Gasteiger partial charge in [-0.15, -0.1) is 0 Å². The summed E-state index contributed by atoms with van der Waals surface area (Å²) < 4.78 is 5.05. The fourth-order valence-electron chi connectivity index (χ4n) is 3.05. The summed E-state index contributed by atoms with van der Waals surface area (Å²) >= 11 is 0. The summed E-state index contributed by atoms with van der Waals surface area (Å²) in [5.74, 6) is 0.132. The molecule has 1 heterocycles. The van der Waals surface area contributed by atoms with E-state index in [0.717, 1.165) is 17.5 Å². The molecule has 1 aliphatic rings. The van der Waals surface area contributed by atoms with Crippen LogP contribution in [-0.2, 0) is 16.0 Å². The van der Waals surface area contributed by atoms with Crippen molar-refractivity contribution in [3.63, 3.8) is 0 Å². The highest BCUT2D eigenvalue weighted by molar-refractivity contribution is 5.79. The minimum absolute atomic E-state index is 0.132. The van der Waals surface area contributed by atoms with Gasteiger partial charge in [-0.2, -0.15) is 0 Å². The van der Waals surface area contributed by atoms with E-state index in [1.807, 2.05) is 4.90 Å². The fraction of sp³-hybridized carbons (Fsp3) is 0.579. The van der Waals surface area contributed by atoms with Gasteiger partial charge in [0, 0.05) is 26.2 Å². The Labute approximate surface area is 144 Å². The smallest absolute Gasteiger partial charge is 0.409 e. The first-order valence-corrected chi connectivity index (χ1v) is 8.68. The lowest BCUT2D eigenvalue weighted by Gasteiger charge is -2.22. The van der Waals surface area contributed by atoms with Crippen molar-refractivity contribution >= 4 is 12.0 Å². The maximum Gasteiger partial charge on any atom is 0.409 e. The third-order valence-corrected chi connectivity index (χ3v) is 4.67. The molecule has 0 aliphatic carbocycles. The monoisotopic (exact) mass is 332 g/mol. The van der Waals surface area contributed by atoms with Crippen LogP contribution in [0.2, 0.25) is 0 Å². The van der Waals surface area contributed by atoms with E-state index in [4.69, 9.17) is 4.74 Å². The van der Waals surface area contributed by atoms with E-state index in [2.05, 4.69) is 32.9 Å². The van der Waals surface area contributed by atoms with Crippen molar-refractivity contribution < 1.29 is 14.3 Å². The van der Waals surface area contributed by atoms with E-state index in [-0.39, 0.29) is 12.0 Å². The number of ether oxygens (including phenoxy) is 1. The average Bonchev–Trinajstić information content (AvgIpc) is 2.79. The minimum Gasteiger partial charge on any atom is -0.450 e. The van der Waals surface area contributed by atoms with Crippen LogP contribution in [0.15, 0.2) is 12.1 Å². The molecule has 1 aromatic rings. The molecule has 0 N–H and O–H groups in total. The van der Waals surface area contributed by atoms with Gasteiger partial charge in [0.15, 0.2) is 0 Å². The molecule has 5 nitrogen and oxygen atoms in total. The first kappa shape index (κ1) is 18.3. The Morgan fingerprint density at radius 3 is 2.29 bits per heavy atom. The molecule has 1 aromatic carbocycles. The SMILES string of the molecule is CCOC(=O)N1CCCN(C(=O)Cc2cc(C)c(C)cc2C)CC1. The van der Waals surface area contributed by atoms with Gasteiger partial charge in [-0.1, -0.05) is 12.1 Å². The number of hydrogen-bond acceptors (Lipinski definition) is 3. The molecule has 0 unspecified atom stereocenters. The molecule has 5 heteroatoms. The Balaban J connectivity index is 1.98. The van der Waals surface area contributed by atoms with E-state index >= 15 is 0 Å². The van der Waals surface area contributed by atoms with Crippen molar-refractivity contribution in [3.05, 3.63) is 34.4 Å². The van der Waals surface area contributed by atoms with Crippen molar-refractivity contribution in [3.8, 4) is 0 Å². The second-order valence-electron chi connectivity index (χ2n) is 6.46. The standard InChI is InChI=1S/C19H28N2O3/c1-5-24-19(23)21-8-6-7-20(9-10-21)18(22)13-17-12-15(3)14(2)11-16(17)4/h11-12H,5-10,13H2,1-4H3. The average molecular weight is 332 g/mol. The topological polar surface area (TPSA) is 49.9 Å². The second-order valence-corrected chi connectivity index (χ2v) is 6.46. The minimum atomic E-state index is -0.281. The Hall–Kier alpha value is -2.04. The van der Waals surface area contributed by atoms with Gasteiger partial charge in [0.05, 0.1) is 13.0 Å². The number of nitrogens with zero attached hydrogens (tertiary/aromatic N) is 2. The van der Waals surface area contributed by atoms with Crippen molar-refractivity contribution in [2.45, 2.75) is 40.5 Å². The van der Waals surface area contributed by atoms with Gasteiger partial charge < -0.3 is 14.5 Å². The van der Waals surface area contributed by atoms with E-state index in [9.17, 15) is 9.59 Å². The van der Waals surface area contributed by atoms with Crippen LogP contribution < -0.4 is 0 Å². The molecule has 1 aliphatic heterocycles. The lowest BCUT2D eigenvalue weighted by molar-refractivity contribution is -0.130. The zero-order valence-corrected chi connectivity index (χ0v) is 15.2. The van der Waals surface area contributed by atoms with Gasteiger partial charge in [-0.25, -0.2) is 4.79 Å². The summed E-state index contributed by atoms with van der Waals surface area (Å²) in [6, 6.07) is 4.26. The summed E-state index contributed by atoms with van der Waals surface area (Å²) in [7, 11) is 0. The Morgan fingerprint density at radius 2 is 1.58 bits per heavy atom. The van der Waals surface area contributed by atoms with E-state index in [0.29, 0.717) is 39.2 Å². The predicted molar refractivity (Wildman–Crippen MR) is 94.1 cm³/mol. The van der Waals surface area contributed by atoms with Gasteiger partial charge in [-0.3, -0.25) is 4.79 Å². The Kier molecular flexibility index (Phi) is 6.23. The zero-order chi connectivity index (χ0) is 17.7. The molecule has 1 fully saturated rings. The summed E-state index contributed by atoms with van der Waals surface area (Å²) in [4.78, 5) is 28.1. The second kappa shape index (κ2) is 8.18. The fourth-order valence-corrected chi connectivity index (χ4v) is 3.05. The molecular weight excluding hydrogens is 304 g/mol. The maximum atomic E-state index is 12.7. The zero-order valence-electron chi connectivity index (χ0n) is 15.2. The van der Waals surface area contributed by atoms with Gasteiger partial charge in [0.25, 0.3) is 0 Å². The molecular formula is C19H28N2O3. The number of benzene rings is 1. The van der Waals surface area contributed by atoms with Crippen molar-refractivity contribution in [2.24, 2.45) is 0 Å². The van der Waals surface area contributed by atoms with Crippen molar-refractivity contribution in [1.29, 1.82) is 0 Å². The first-order chi connectivity index (χ1) is 11.4. The van der Waals surface area contributed by atoms with E-state index < -0.39 is 0 Å².